The molecule has 1 saturated heterocycles. The number of rotatable bonds is 10. The number of aliphatic hydroxyl groups is 1. The van der Waals surface area contributed by atoms with Gasteiger partial charge in [0.1, 0.15) is 12.4 Å². The van der Waals surface area contributed by atoms with E-state index >= 15 is 0 Å². The summed E-state index contributed by atoms with van der Waals surface area (Å²) in [5.41, 5.74) is 4.54. The Hall–Kier alpha value is -2.92. The highest BCUT2D eigenvalue weighted by molar-refractivity contribution is 5.84. The lowest BCUT2D eigenvalue weighted by molar-refractivity contribution is 0.0380. The first kappa shape index (κ1) is 27.6. The molecule has 7 heteroatoms. The number of nitriles is 1. The molecule has 2 aromatic carbocycles. The van der Waals surface area contributed by atoms with Crippen molar-refractivity contribution < 1.29 is 14.4 Å². The summed E-state index contributed by atoms with van der Waals surface area (Å²) in [4.78, 5) is 4.69. The van der Waals surface area contributed by atoms with Crippen LogP contribution in [0.5, 0.6) is 5.75 Å². The summed E-state index contributed by atoms with van der Waals surface area (Å²) in [7, 11) is 4.09. The van der Waals surface area contributed by atoms with Crippen molar-refractivity contribution in [3.8, 4) is 11.8 Å². The molecule has 2 aliphatic rings. The molecule has 1 aliphatic heterocycles. The predicted molar refractivity (Wildman–Crippen MR) is 152 cm³/mol. The van der Waals surface area contributed by atoms with Gasteiger partial charge < -0.3 is 24.2 Å². The number of benzene rings is 2. The quantitative estimate of drug-likeness (QED) is 0.369. The van der Waals surface area contributed by atoms with E-state index in [9.17, 15) is 5.11 Å². The van der Waals surface area contributed by atoms with E-state index in [4.69, 9.17) is 14.5 Å². The van der Waals surface area contributed by atoms with Crippen LogP contribution in [0.4, 0.5) is 0 Å². The number of aliphatic hydroxyl groups excluding tert-OH is 1. The fraction of sp³-hybridized carbons (Fsp3) is 0.562. The van der Waals surface area contributed by atoms with Crippen molar-refractivity contribution in [1.29, 1.82) is 5.26 Å². The summed E-state index contributed by atoms with van der Waals surface area (Å²) >= 11 is 0. The molecule has 0 bridgehead atoms. The van der Waals surface area contributed by atoms with Crippen LogP contribution in [0.15, 0.2) is 40.9 Å². The molecule has 2 heterocycles. The predicted octanol–water partition coefficient (Wildman–Crippen LogP) is 5.54. The Labute approximate surface area is 232 Å². The maximum Gasteiger partial charge on any atom is 0.175 e. The third-order valence-electron chi connectivity index (χ3n) is 8.59. The van der Waals surface area contributed by atoms with Gasteiger partial charge in [-0.25, -0.2) is 0 Å². The molecule has 2 atom stereocenters. The van der Waals surface area contributed by atoms with Gasteiger partial charge in [-0.1, -0.05) is 30.1 Å². The first-order valence-corrected chi connectivity index (χ1v) is 14.6. The van der Waals surface area contributed by atoms with Crippen LogP contribution in [0.2, 0.25) is 0 Å². The second-order valence-corrected chi connectivity index (χ2v) is 11.8. The van der Waals surface area contributed by atoms with Crippen LogP contribution in [-0.2, 0) is 19.6 Å². The van der Waals surface area contributed by atoms with Crippen molar-refractivity contribution in [3.05, 3.63) is 58.8 Å². The first-order valence-electron chi connectivity index (χ1n) is 14.6. The molecule has 0 radical (unpaired) electrons. The number of hydrogen-bond donors (Lipinski definition) is 1. The van der Waals surface area contributed by atoms with Crippen molar-refractivity contribution in [2.24, 2.45) is 11.8 Å². The summed E-state index contributed by atoms with van der Waals surface area (Å²) in [5, 5.41) is 25.0. The number of likely N-dealkylation sites (tertiary alicyclic amines) is 1. The highest BCUT2D eigenvalue weighted by atomic mass is 16.5. The van der Waals surface area contributed by atoms with Gasteiger partial charge in [0.25, 0.3) is 0 Å². The van der Waals surface area contributed by atoms with E-state index in [1.165, 1.54) is 32.1 Å². The fourth-order valence-corrected chi connectivity index (χ4v) is 6.24. The molecule has 1 aromatic heterocycles. The minimum absolute atomic E-state index is 0.101. The van der Waals surface area contributed by atoms with Crippen LogP contribution in [0.3, 0.4) is 0 Å². The van der Waals surface area contributed by atoms with Crippen LogP contribution in [0.25, 0.3) is 11.0 Å². The number of ether oxygens (including phenoxy) is 1. The third-order valence-corrected chi connectivity index (χ3v) is 8.59. The molecule has 1 N–H and O–H groups in total. The van der Waals surface area contributed by atoms with E-state index in [0.717, 1.165) is 72.4 Å². The van der Waals surface area contributed by atoms with E-state index < -0.39 is 0 Å². The van der Waals surface area contributed by atoms with Crippen LogP contribution < -0.4 is 4.74 Å². The zero-order valence-electron chi connectivity index (χ0n) is 23.4. The van der Waals surface area contributed by atoms with Gasteiger partial charge >= 0.3 is 0 Å². The standard InChI is InChI=1S/C32H42N4O3/c1-35(2)21-28-31(38-22-25-9-7-24(19-33)8-10-25)14-12-27-29(34-39-32(27)28)13-11-23-15-17-36(18-16-23)20-26-5-3-4-6-30(26)37/h7-10,12,14,23,26,30,37H,3-6,11,13,15-18,20-22H2,1-2H3/t26-,30-/m1/s1. The normalized spacial score (nSPS) is 20.9. The maximum atomic E-state index is 10.3. The third kappa shape index (κ3) is 7.00. The molecule has 7 nitrogen and oxygen atoms in total. The Morgan fingerprint density at radius 1 is 1.08 bits per heavy atom. The highest BCUT2D eigenvalue weighted by Gasteiger charge is 2.27. The van der Waals surface area contributed by atoms with Gasteiger partial charge in [0.2, 0.25) is 0 Å². The number of nitrogens with zero attached hydrogens (tertiary/aromatic N) is 4. The Morgan fingerprint density at radius 3 is 2.56 bits per heavy atom. The number of aryl methyl sites for hydroxylation is 1. The molecular formula is C32H42N4O3. The topological polar surface area (TPSA) is 85.8 Å². The van der Waals surface area contributed by atoms with Crippen molar-refractivity contribution in [2.45, 2.75) is 70.6 Å². The summed E-state index contributed by atoms with van der Waals surface area (Å²) in [5.74, 6) is 1.98. The van der Waals surface area contributed by atoms with Crippen molar-refractivity contribution in [2.75, 3.05) is 33.7 Å². The van der Waals surface area contributed by atoms with Gasteiger partial charge in [-0.3, -0.25) is 0 Å². The van der Waals surface area contributed by atoms with Crippen LogP contribution in [0.1, 0.15) is 67.3 Å². The molecule has 5 rings (SSSR count). The van der Waals surface area contributed by atoms with E-state index in [1.54, 1.807) is 0 Å². The van der Waals surface area contributed by atoms with Crippen molar-refractivity contribution >= 4 is 11.0 Å². The SMILES string of the molecule is CN(C)Cc1c(OCc2ccc(C#N)cc2)ccc2c(CCC3CCN(C[C@H]4CCCC[C@H]4O)CC3)noc12. The molecule has 0 spiro atoms. The molecule has 2 fully saturated rings. The number of hydrogen-bond acceptors (Lipinski definition) is 7. The summed E-state index contributed by atoms with van der Waals surface area (Å²) in [6, 6.07) is 13.8. The molecule has 3 aromatic rings. The number of aromatic nitrogens is 1. The van der Waals surface area contributed by atoms with E-state index in [1.807, 2.05) is 44.4 Å². The molecule has 0 amide bonds. The maximum absolute atomic E-state index is 10.3. The van der Waals surface area contributed by atoms with Crippen molar-refractivity contribution in [3.63, 3.8) is 0 Å². The molecule has 39 heavy (non-hydrogen) atoms. The lowest BCUT2D eigenvalue weighted by Crippen LogP contribution is -2.41. The Kier molecular flexibility index (Phi) is 9.18. The average Bonchev–Trinajstić information content (AvgIpc) is 3.37. The fourth-order valence-electron chi connectivity index (χ4n) is 6.24. The van der Waals surface area contributed by atoms with Gasteiger partial charge in [0.15, 0.2) is 5.58 Å². The monoisotopic (exact) mass is 530 g/mol. The lowest BCUT2D eigenvalue weighted by atomic mass is 9.85. The minimum atomic E-state index is -0.101. The smallest absolute Gasteiger partial charge is 0.175 e. The second kappa shape index (κ2) is 13.0. The molecule has 0 unspecified atom stereocenters. The molecule has 1 saturated carbocycles. The van der Waals surface area contributed by atoms with E-state index in [-0.39, 0.29) is 6.10 Å². The average molecular weight is 531 g/mol. The summed E-state index contributed by atoms with van der Waals surface area (Å²) in [6.45, 7) is 4.46. The van der Waals surface area contributed by atoms with Gasteiger partial charge in [0, 0.05) is 18.5 Å². The van der Waals surface area contributed by atoms with Crippen molar-refractivity contribution in [1.82, 2.24) is 15.0 Å². The first-order chi connectivity index (χ1) is 19.0. The molecule has 208 valence electrons. The van der Waals surface area contributed by atoms with Crippen LogP contribution in [-0.4, -0.2) is 59.9 Å². The Bertz CT molecular complexity index is 1250. The van der Waals surface area contributed by atoms with E-state index in [0.29, 0.717) is 30.6 Å². The highest BCUT2D eigenvalue weighted by Crippen LogP contribution is 2.33. The Balaban J connectivity index is 1.19. The minimum Gasteiger partial charge on any atom is -0.488 e. The Morgan fingerprint density at radius 2 is 1.85 bits per heavy atom. The van der Waals surface area contributed by atoms with E-state index in [2.05, 4.69) is 27.1 Å². The van der Waals surface area contributed by atoms with Gasteiger partial charge in [-0.05, 0) is 107 Å². The number of fused-ring (bicyclic) bond motifs is 1. The molecular weight excluding hydrogens is 488 g/mol. The zero-order valence-corrected chi connectivity index (χ0v) is 23.4. The van der Waals surface area contributed by atoms with Gasteiger partial charge in [-0.15, -0.1) is 0 Å². The zero-order chi connectivity index (χ0) is 27.2. The van der Waals surface area contributed by atoms with Crippen LogP contribution >= 0.6 is 0 Å². The van der Waals surface area contributed by atoms with Gasteiger partial charge in [-0.2, -0.15) is 5.26 Å². The number of piperidine rings is 1. The lowest BCUT2D eigenvalue weighted by Gasteiger charge is -2.37. The van der Waals surface area contributed by atoms with Gasteiger partial charge in [0.05, 0.1) is 29.0 Å². The summed E-state index contributed by atoms with van der Waals surface area (Å²) < 4.78 is 12.2. The largest absolute Gasteiger partial charge is 0.488 e. The second-order valence-electron chi connectivity index (χ2n) is 11.8. The summed E-state index contributed by atoms with van der Waals surface area (Å²) in [6.07, 6.45) is 9.00. The van der Waals surface area contributed by atoms with Crippen LogP contribution in [0, 0.1) is 23.2 Å². The molecule has 1 aliphatic carbocycles.